The summed E-state index contributed by atoms with van der Waals surface area (Å²) < 4.78 is 0.373. The molecule has 1 saturated carbocycles. The molecular weight excluding hydrogens is 220 g/mol. The van der Waals surface area contributed by atoms with Crippen LogP contribution in [0.4, 0.5) is 0 Å². The summed E-state index contributed by atoms with van der Waals surface area (Å²) in [7, 11) is 0. The molecule has 1 amide bonds. The van der Waals surface area contributed by atoms with E-state index in [1.807, 2.05) is 16.7 Å². The van der Waals surface area contributed by atoms with Crippen molar-refractivity contribution < 1.29 is 4.79 Å². The Kier molecular flexibility index (Phi) is 3.80. The predicted molar refractivity (Wildman–Crippen MR) is 68.5 cm³/mol. The van der Waals surface area contributed by atoms with Crippen molar-refractivity contribution in [3.05, 3.63) is 0 Å². The highest BCUT2D eigenvalue weighted by Crippen LogP contribution is 2.43. The molecule has 1 unspecified atom stereocenters. The van der Waals surface area contributed by atoms with Gasteiger partial charge in [-0.2, -0.15) is 11.8 Å². The van der Waals surface area contributed by atoms with Gasteiger partial charge in [-0.05, 0) is 25.5 Å². The molecule has 2 aliphatic rings. The highest BCUT2D eigenvalue weighted by molar-refractivity contribution is 8.00. The lowest BCUT2D eigenvalue weighted by Gasteiger charge is -2.42. The van der Waals surface area contributed by atoms with Crippen molar-refractivity contribution in [3.8, 4) is 0 Å². The third kappa shape index (κ3) is 2.23. The van der Waals surface area contributed by atoms with E-state index in [2.05, 4.69) is 18.5 Å². The summed E-state index contributed by atoms with van der Waals surface area (Å²) in [5.41, 5.74) is 0. The van der Waals surface area contributed by atoms with Crippen molar-refractivity contribution >= 4 is 17.7 Å². The van der Waals surface area contributed by atoms with Gasteiger partial charge >= 0.3 is 0 Å². The van der Waals surface area contributed by atoms with E-state index in [4.69, 9.17) is 0 Å². The second kappa shape index (κ2) is 4.96. The number of thioether (sulfide) groups is 1. The Labute approximate surface area is 102 Å². The molecule has 2 rings (SSSR count). The normalized spacial score (nSPS) is 28.2. The smallest absolute Gasteiger partial charge is 0.240 e. The number of hydrogen-bond donors (Lipinski definition) is 1. The number of hydrogen-bond acceptors (Lipinski definition) is 3. The molecule has 0 bridgehead atoms. The van der Waals surface area contributed by atoms with Crippen molar-refractivity contribution in [2.45, 2.75) is 49.8 Å². The van der Waals surface area contributed by atoms with Crippen molar-refractivity contribution in [1.29, 1.82) is 0 Å². The van der Waals surface area contributed by atoms with Gasteiger partial charge in [0.1, 0.15) is 0 Å². The first-order chi connectivity index (χ1) is 7.71. The Bertz CT molecular complexity index is 260. The quantitative estimate of drug-likeness (QED) is 0.798. The zero-order valence-corrected chi connectivity index (χ0v) is 11.1. The van der Waals surface area contributed by atoms with Crippen LogP contribution in [0.5, 0.6) is 0 Å². The molecule has 0 spiro atoms. The van der Waals surface area contributed by atoms with Gasteiger partial charge in [-0.25, -0.2) is 0 Å². The maximum absolute atomic E-state index is 12.1. The molecule has 0 aromatic rings. The number of carbonyl (C=O) groups is 1. The lowest BCUT2D eigenvalue weighted by atomic mass is 9.84. The SMILES string of the molecule is CCCC1NCN(CC2(SC)CCC2)C1=O. The molecule has 1 heterocycles. The highest BCUT2D eigenvalue weighted by atomic mass is 32.2. The maximum Gasteiger partial charge on any atom is 0.240 e. The fourth-order valence-corrected chi connectivity index (χ4v) is 3.58. The molecule has 0 radical (unpaired) electrons. The van der Waals surface area contributed by atoms with E-state index in [9.17, 15) is 4.79 Å². The van der Waals surface area contributed by atoms with Gasteiger partial charge in [0.25, 0.3) is 0 Å². The summed E-state index contributed by atoms with van der Waals surface area (Å²) in [5, 5.41) is 3.32. The Morgan fingerprint density at radius 2 is 2.31 bits per heavy atom. The van der Waals surface area contributed by atoms with Gasteiger partial charge in [0.15, 0.2) is 0 Å². The highest BCUT2D eigenvalue weighted by Gasteiger charge is 2.41. The summed E-state index contributed by atoms with van der Waals surface area (Å²) in [6.45, 7) is 3.83. The van der Waals surface area contributed by atoms with Gasteiger partial charge in [0, 0.05) is 11.3 Å². The molecule has 1 N–H and O–H groups in total. The van der Waals surface area contributed by atoms with Crippen LogP contribution >= 0.6 is 11.8 Å². The summed E-state index contributed by atoms with van der Waals surface area (Å²) in [5.74, 6) is 0.321. The van der Waals surface area contributed by atoms with E-state index >= 15 is 0 Å². The lowest BCUT2D eigenvalue weighted by Crippen LogP contribution is -2.46. The second-order valence-corrected chi connectivity index (χ2v) is 6.25. The first-order valence-electron chi connectivity index (χ1n) is 6.28. The summed E-state index contributed by atoms with van der Waals surface area (Å²) in [6.07, 6.45) is 8.10. The van der Waals surface area contributed by atoms with E-state index in [0.717, 1.165) is 26.1 Å². The molecule has 92 valence electrons. The predicted octanol–water partition coefficient (Wildman–Crippen LogP) is 1.83. The third-order valence-corrected chi connectivity index (χ3v) is 5.30. The van der Waals surface area contributed by atoms with Crippen molar-refractivity contribution in [3.63, 3.8) is 0 Å². The lowest BCUT2D eigenvalue weighted by molar-refractivity contribution is -0.129. The van der Waals surface area contributed by atoms with E-state index < -0.39 is 0 Å². The van der Waals surface area contributed by atoms with Gasteiger partial charge in [0.2, 0.25) is 5.91 Å². The minimum Gasteiger partial charge on any atom is -0.327 e. The second-order valence-electron chi connectivity index (χ2n) is 4.98. The maximum atomic E-state index is 12.1. The largest absolute Gasteiger partial charge is 0.327 e. The first kappa shape index (κ1) is 12.2. The number of carbonyl (C=O) groups excluding carboxylic acids is 1. The van der Waals surface area contributed by atoms with Gasteiger partial charge in [-0.15, -0.1) is 0 Å². The van der Waals surface area contributed by atoms with Crippen LogP contribution in [0.1, 0.15) is 39.0 Å². The van der Waals surface area contributed by atoms with E-state index in [0.29, 0.717) is 10.7 Å². The topological polar surface area (TPSA) is 32.3 Å². The molecule has 16 heavy (non-hydrogen) atoms. The van der Waals surface area contributed by atoms with Crippen LogP contribution in [0.15, 0.2) is 0 Å². The fraction of sp³-hybridized carbons (Fsp3) is 0.917. The number of amides is 1. The molecule has 1 aliphatic heterocycles. The van der Waals surface area contributed by atoms with Crippen molar-refractivity contribution in [2.24, 2.45) is 0 Å². The molecular formula is C12H22N2OS. The zero-order valence-electron chi connectivity index (χ0n) is 10.3. The molecule has 0 aromatic carbocycles. The summed E-state index contributed by atoms with van der Waals surface area (Å²) in [6, 6.07) is 0.0870. The molecule has 1 aliphatic carbocycles. The average molecular weight is 242 g/mol. The van der Waals surface area contributed by atoms with Crippen molar-refractivity contribution in [2.75, 3.05) is 19.5 Å². The van der Waals surface area contributed by atoms with Crippen LogP contribution in [-0.4, -0.2) is 41.1 Å². The Hall–Kier alpha value is -0.220. The van der Waals surface area contributed by atoms with Gasteiger partial charge in [-0.3, -0.25) is 10.1 Å². The Morgan fingerprint density at radius 1 is 1.56 bits per heavy atom. The van der Waals surface area contributed by atoms with Gasteiger partial charge in [0.05, 0.1) is 12.7 Å². The van der Waals surface area contributed by atoms with Crippen LogP contribution in [0.2, 0.25) is 0 Å². The van der Waals surface area contributed by atoms with Gasteiger partial charge < -0.3 is 4.90 Å². The minimum absolute atomic E-state index is 0.0870. The standard InChI is InChI=1S/C12H22N2OS/c1-3-5-10-11(15)14(9-13-10)8-12(16-2)6-4-7-12/h10,13H,3-9H2,1-2H3. The number of rotatable bonds is 5. The third-order valence-electron chi connectivity index (χ3n) is 3.89. The Balaban J connectivity index is 1.89. The monoisotopic (exact) mass is 242 g/mol. The average Bonchev–Trinajstić information content (AvgIpc) is 2.56. The van der Waals surface area contributed by atoms with Crippen molar-refractivity contribution in [1.82, 2.24) is 10.2 Å². The van der Waals surface area contributed by atoms with Crippen LogP contribution < -0.4 is 5.32 Å². The summed E-state index contributed by atoms with van der Waals surface area (Å²) in [4.78, 5) is 14.1. The fourth-order valence-electron chi connectivity index (χ4n) is 2.60. The molecule has 1 atom stereocenters. The van der Waals surface area contributed by atoms with Crippen LogP contribution in [0.25, 0.3) is 0 Å². The molecule has 4 heteroatoms. The van der Waals surface area contributed by atoms with Crippen LogP contribution in [-0.2, 0) is 4.79 Å². The molecule has 1 saturated heterocycles. The number of nitrogens with one attached hydrogen (secondary N) is 1. The van der Waals surface area contributed by atoms with Gasteiger partial charge in [-0.1, -0.05) is 19.8 Å². The first-order valence-corrected chi connectivity index (χ1v) is 7.50. The van der Waals surface area contributed by atoms with E-state index in [1.54, 1.807) is 0 Å². The Morgan fingerprint density at radius 3 is 2.81 bits per heavy atom. The van der Waals surface area contributed by atoms with Crippen LogP contribution in [0, 0.1) is 0 Å². The van der Waals surface area contributed by atoms with E-state index in [-0.39, 0.29) is 6.04 Å². The molecule has 3 nitrogen and oxygen atoms in total. The number of nitrogens with zero attached hydrogens (tertiary/aromatic N) is 1. The summed E-state index contributed by atoms with van der Waals surface area (Å²) >= 11 is 1.94. The molecule has 0 aromatic heterocycles. The van der Waals surface area contributed by atoms with Crippen LogP contribution in [0.3, 0.4) is 0 Å². The zero-order chi connectivity index (χ0) is 11.6. The molecule has 2 fully saturated rings. The van der Waals surface area contributed by atoms with E-state index in [1.165, 1.54) is 19.3 Å². The minimum atomic E-state index is 0.0870.